The Labute approximate surface area is 140 Å². The molecule has 5 heteroatoms. The number of benzene rings is 3. The minimum atomic E-state index is -3.81. The van der Waals surface area contributed by atoms with Gasteiger partial charge in [0, 0.05) is 5.56 Å². The molecule has 24 heavy (non-hydrogen) atoms. The predicted octanol–water partition coefficient (Wildman–Crippen LogP) is 4.60. The van der Waals surface area contributed by atoms with Crippen LogP contribution in [0.2, 0.25) is 0 Å². The number of aryl methyl sites for hydroxylation is 1. The lowest BCUT2D eigenvalue weighted by atomic mass is 10.0. The van der Waals surface area contributed by atoms with Crippen LogP contribution >= 0.6 is 0 Å². The summed E-state index contributed by atoms with van der Waals surface area (Å²) in [7, 11) is -3.81. The van der Waals surface area contributed by atoms with E-state index in [0.717, 1.165) is 17.2 Å². The molecule has 0 heterocycles. The summed E-state index contributed by atoms with van der Waals surface area (Å²) in [6, 6.07) is 20.3. The van der Waals surface area contributed by atoms with Crippen LogP contribution in [0, 0.1) is 12.7 Å². The summed E-state index contributed by atoms with van der Waals surface area (Å²) in [4.78, 5) is 0.0618. The number of hydrogen-bond acceptors (Lipinski definition) is 2. The maximum Gasteiger partial charge on any atom is 0.262 e. The molecule has 1 N–H and O–H groups in total. The van der Waals surface area contributed by atoms with Crippen molar-refractivity contribution in [2.45, 2.75) is 11.8 Å². The molecular weight excluding hydrogens is 325 g/mol. The quantitative estimate of drug-likeness (QED) is 0.754. The molecule has 0 aliphatic rings. The molecule has 3 rings (SSSR count). The molecule has 122 valence electrons. The van der Waals surface area contributed by atoms with Crippen LogP contribution in [0.25, 0.3) is 11.1 Å². The van der Waals surface area contributed by atoms with Crippen molar-refractivity contribution in [2.24, 2.45) is 0 Å². The highest BCUT2D eigenvalue weighted by Crippen LogP contribution is 2.30. The van der Waals surface area contributed by atoms with Crippen LogP contribution in [-0.4, -0.2) is 8.42 Å². The van der Waals surface area contributed by atoms with Crippen molar-refractivity contribution in [1.82, 2.24) is 0 Å². The topological polar surface area (TPSA) is 46.2 Å². The SMILES string of the molecule is Cc1cc(F)ccc1S(=O)(=O)Nc1ccccc1-c1ccccc1. The first-order chi connectivity index (χ1) is 11.5. The van der Waals surface area contributed by atoms with Gasteiger partial charge in [-0.2, -0.15) is 0 Å². The number of rotatable bonds is 4. The van der Waals surface area contributed by atoms with E-state index in [1.165, 1.54) is 12.1 Å². The van der Waals surface area contributed by atoms with Gasteiger partial charge in [-0.1, -0.05) is 48.5 Å². The molecule has 0 aromatic heterocycles. The summed E-state index contributed by atoms with van der Waals surface area (Å²) in [6.07, 6.45) is 0. The van der Waals surface area contributed by atoms with Gasteiger partial charge in [-0.05, 0) is 42.3 Å². The summed E-state index contributed by atoms with van der Waals surface area (Å²) in [5.41, 5.74) is 2.53. The van der Waals surface area contributed by atoms with Crippen LogP contribution < -0.4 is 4.72 Å². The summed E-state index contributed by atoms with van der Waals surface area (Å²) in [6.45, 7) is 1.57. The first-order valence-electron chi connectivity index (χ1n) is 7.41. The van der Waals surface area contributed by atoms with Crippen molar-refractivity contribution in [1.29, 1.82) is 0 Å². The average Bonchev–Trinajstić information content (AvgIpc) is 2.55. The third-order valence-electron chi connectivity index (χ3n) is 3.68. The number of anilines is 1. The number of halogens is 1. The van der Waals surface area contributed by atoms with Crippen molar-refractivity contribution < 1.29 is 12.8 Å². The molecule has 0 amide bonds. The Balaban J connectivity index is 2.03. The second-order valence-electron chi connectivity index (χ2n) is 5.43. The number of sulfonamides is 1. The lowest BCUT2D eigenvalue weighted by molar-refractivity contribution is 0.598. The second-order valence-corrected chi connectivity index (χ2v) is 7.08. The molecular formula is C19H16FNO2S. The highest BCUT2D eigenvalue weighted by atomic mass is 32.2. The molecule has 0 atom stereocenters. The first kappa shape index (κ1) is 16.2. The van der Waals surface area contributed by atoms with E-state index in [4.69, 9.17) is 0 Å². The van der Waals surface area contributed by atoms with Crippen LogP contribution in [0.5, 0.6) is 0 Å². The number of nitrogens with one attached hydrogen (secondary N) is 1. The summed E-state index contributed by atoms with van der Waals surface area (Å²) < 4.78 is 41.2. The third-order valence-corrected chi connectivity index (χ3v) is 5.21. The molecule has 0 fully saturated rings. The van der Waals surface area contributed by atoms with Gasteiger partial charge in [-0.15, -0.1) is 0 Å². The standard InChI is InChI=1S/C19H16FNO2S/c1-14-13-16(20)11-12-19(14)24(22,23)21-18-10-6-5-9-17(18)15-7-3-2-4-8-15/h2-13,21H,1H3. The van der Waals surface area contributed by atoms with E-state index in [1.807, 2.05) is 42.5 Å². The average molecular weight is 341 g/mol. The molecule has 3 nitrogen and oxygen atoms in total. The van der Waals surface area contributed by atoms with Gasteiger partial charge < -0.3 is 0 Å². The van der Waals surface area contributed by atoms with Gasteiger partial charge in [0.15, 0.2) is 0 Å². The maximum absolute atomic E-state index is 13.2. The van der Waals surface area contributed by atoms with E-state index < -0.39 is 15.8 Å². The molecule has 0 aliphatic heterocycles. The fourth-order valence-corrected chi connectivity index (χ4v) is 3.86. The van der Waals surface area contributed by atoms with Crippen molar-refractivity contribution in [3.8, 4) is 11.1 Å². The first-order valence-corrected chi connectivity index (χ1v) is 8.89. The second kappa shape index (κ2) is 6.45. The normalized spacial score (nSPS) is 11.2. The Kier molecular flexibility index (Phi) is 4.36. The Morgan fingerprint density at radius 2 is 1.54 bits per heavy atom. The van der Waals surface area contributed by atoms with E-state index in [1.54, 1.807) is 19.1 Å². The van der Waals surface area contributed by atoms with Gasteiger partial charge in [0.1, 0.15) is 5.82 Å². The molecule has 0 radical (unpaired) electrons. The third kappa shape index (κ3) is 3.31. The molecule has 3 aromatic rings. The molecule has 0 saturated heterocycles. The van der Waals surface area contributed by atoms with E-state index in [0.29, 0.717) is 11.3 Å². The zero-order valence-electron chi connectivity index (χ0n) is 13.0. The van der Waals surface area contributed by atoms with Crippen LogP contribution in [0.1, 0.15) is 5.56 Å². The van der Waals surface area contributed by atoms with E-state index in [-0.39, 0.29) is 4.90 Å². The number of hydrogen-bond donors (Lipinski definition) is 1. The van der Waals surface area contributed by atoms with Crippen LogP contribution in [-0.2, 0) is 10.0 Å². The maximum atomic E-state index is 13.2. The van der Waals surface area contributed by atoms with Gasteiger partial charge in [-0.3, -0.25) is 4.72 Å². The van der Waals surface area contributed by atoms with Gasteiger partial charge in [-0.25, -0.2) is 12.8 Å². The van der Waals surface area contributed by atoms with Crippen molar-refractivity contribution in [3.05, 3.63) is 84.2 Å². The van der Waals surface area contributed by atoms with E-state index in [2.05, 4.69) is 4.72 Å². The minimum Gasteiger partial charge on any atom is -0.279 e. The van der Waals surface area contributed by atoms with E-state index >= 15 is 0 Å². The Morgan fingerprint density at radius 1 is 0.875 bits per heavy atom. The molecule has 0 bridgehead atoms. The smallest absolute Gasteiger partial charge is 0.262 e. The fourth-order valence-electron chi connectivity index (χ4n) is 2.56. The minimum absolute atomic E-state index is 0.0618. The predicted molar refractivity (Wildman–Crippen MR) is 93.8 cm³/mol. The fraction of sp³-hybridized carbons (Fsp3) is 0.0526. The van der Waals surface area contributed by atoms with Crippen LogP contribution in [0.15, 0.2) is 77.7 Å². The monoisotopic (exact) mass is 341 g/mol. The van der Waals surface area contributed by atoms with Crippen molar-refractivity contribution in [2.75, 3.05) is 4.72 Å². The van der Waals surface area contributed by atoms with Gasteiger partial charge in [0.2, 0.25) is 0 Å². The van der Waals surface area contributed by atoms with Crippen molar-refractivity contribution in [3.63, 3.8) is 0 Å². The van der Waals surface area contributed by atoms with Crippen LogP contribution in [0.3, 0.4) is 0 Å². The van der Waals surface area contributed by atoms with Gasteiger partial charge in [0.25, 0.3) is 10.0 Å². The largest absolute Gasteiger partial charge is 0.279 e. The Morgan fingerprint density at radius 3 is 2.25 bits per heavy atom. The molecule has 0 saturated carbocycles. The van der Waals surface area contributed by atoms with Crippen LogP contribution in [0.4, 0.5) is 10.1 Å². The highest BCUT2D eigenvalue weighted by Gasteiger charge is 2.19. The zero-order valence-corrected chi connectivity index (χ0v) is 13.8. The summed E-state index contributed by atoms with van der Waals surface area (Å²) >= 11 is 0. The van der Waals surface area contributed by atoms with Gasteiger partial charge >= 0.3 is 0 Å². The summed E-state index contributed by atoms with van der Waals surface area (Å²) in [5.74, 6) is -0.462. The highest BCUT2D eigenvalue weighted by molar-refractivity contribution is 7.92. The summed E-state index contributed by atoms with van der Waals surface area (Å²) in [5, 5.41) is 0. The van der Waals surface area contributed by atoms with Crippen molar-refractivity contribution >= 4 is 15.7 Å². The molecule has 0 unspecified atom stereocenters. The Hall–Kier alpha value is -2.66. The van der Waals surface area contributed by atoms with E-state index in [9.17, 15) is 12.8 Å². The molecule has 0 aliphatic carbocycles. The lowest BCUT2D eigenvalue weighted by Gasteiger charge is -2.14. The van der Waals surface area contributed by atoms with Gasteiger partial charge in [0.05, 0.1) is 10.6 Å². The lowest BCUT2D eigenvalue weighted by Crippen LogP contribution is -2.15. The number of para-hydroxylation sites is 1. The molecule has 0 spiro atoms. The Bertz CT molecular complexity index is 970. The zero-order chi connectivity index (χ0) is 17.2. The molecule has 3 aromatic carbocycles.